The summed E-state index contributed by atoms with van der Waals surface area (Å²) in [5, 5.41) is 6.85. The Morgan fingerprint density at radius 1 is 0.585 bits per heavy atom. The van der Waals surface area contributed by atoms with Crippen LogP contribution in [0.2, 0.25) is 0 Å². The van der Waals surface area contributed by atoms with E-state index in [1.807, 2.05) is 103 Å². The molecule has 0 atom stereocenters. The van der Waals surface area contributed by atoms with Crippen LogP contribution in [-0.4, -0.2) is 20.2 Å². The highest BCUT2D eigenvalue weighted by Gasteiger charge is 2.53. The van der Waals surface area contributed by atoms with Crippen LogP contribution in [0.5, 0.6) is 23.0 Å². The smallest absolute Gasteiger partial charge is 0.340 e. The van der Waals surface area contributed by atoms with E-state index in [-0.39, 0.29) is 5.97 Å². The van der Waals surface area contributed by atoms with Crippen molar-refractivity contribution in [1.82, 2.24) is 0 Å². The van der Waals surface area contributed by atoms with Crippen LogP contribution in [0, 0.1) is 0 Å². The summed E-state index contributed by atoms with van der Waals surface area (Å²) in [5.41, 5.74) is 5.21. The summed E-state index contributed by atoms with van der Waals surface area (Å²) in [4.78, 5) is 13.2. The number of anilines is 4. The molecule has 7 heteroatoms. The molecule has 0 amide bonds. The molecule has 7 rings (SSSR count). The first kappa shape index (κ1) is 24.6. The summed E-state index contributed by atoms with van der Waals surface area (Å²) in [7, 11) is 3.28. The number of methoxy groups -OCH3 is 2. The predicted molar refractivity (Wildman–Crippen MR) is 157 cm³/mol. The minimum atomic E-state index is -1.13. The molecule has 2 aliphatic heterocycles. The first-order valence-electron chi connectivity index (χ1n) is 13.2. The molecule has 0 saturated heterocycles. The minimum Gasteiger partial charge on any atom is -0.497 e. The summed E-state index contributed by atoms with van der Waals surface area (Å²) in [6.07, 6.45) is 0. The zero-order chi connectivity index (χ0) is 28.0. The lowest BCUT2D eigenvalue weighted by molar-refractivity contribution is 0.0224. The van der Waals surface area contributed by atoms with Gasteiger partial charge in [-0.1, -0.05) is 18.2 Å². The largest absolute Gasteiger partial charge is 0.497 e. The number of hydrogen-bond donors (Lipinski definition) is 2. The number of fused-ring (bicyclic) bond motifs is 6. The second kappa shape index (κ2) is 9.64. The quantitative estimate of drug-likeness (QED) is 0.212. The Hall–Kier alpha value is -5.43. The average molecular weight is 543 g/mol. The molecule has 2 N–H and O–H groups in total. The van der Waals surface area contributed by atoms with E-state index in [4.69, 9.17) is 18.9 Å². The maximum Gasteiger partial charge on any atom is 0.340 e. The van der Waals surface area contributed by atoms with Gasteiger partial charge in [-0.05, 0) is 78.9 Å². The van der Waals surface area contributed by atoms with Gasteiger partial charge in [0, 0.05) is 51.6 Å². The topological polar surface area (TPSA) is 78.1 Å². The number of ether oxygens (including phenoxy) is 4. The molecule has 2 aliphatic rings. The molecule has 2 heterocycles. The van der Waals surface area contributed by atoms with Gasteiger partial charge in [0.15, 0.2) is 5.60 Å². The highest BCUT2D eigenvalue weighted by atomic mass is 16.6. The van der Waals surface area contributed by atoms with Gasteiger partial charge in [-0.3, -0.25) is 0 Å². The molecule has 0 aromatic heterocycles. The van der Waals surface area contributed by atoms with Crippen molar-refractivity contribution in [1.29, 1.82) is 0 Å². The van der Waals surface area contributed by atoms with Gasteiger partial charge in [-0.25, -0.2) is 4.79 Å². The summed E-state index contributed by atoms with van der Waals surface area (Å²) in [6.45, 7) is 0. The average Bonchev–Trinajstić information content (AvgIpc) is 3.30. The van der Waals surface area contributed by atoms with Crippen LogP contribution < -0.4 is 24.8 Å². The molecule has 7 nitrogen and oxygen atoms in total. The van der Waals surface area contributed by atoms with Crippen molar-refractivity contribution in [2.75, 3.05) is 24.9 Å². The Morgan fingerprint density at radius 3 is 1.59 bits per heavy atom. The molecule has 5 aromatic rings. The molecule has 5 aromatic carbocycles. The fraction of sp³-hybridized carbons (Fsp3) is 0.0882. The van der Waals surface area contributed by atoms with Gasteiger partial charge in [-0.15, -0.1) is 0 Å². The van der Waals surface area contributed by atoms with Gasteiger partial charge >= 0.3 is 5.97 Å². The van der Waals surface area contributed by atoms with Crippen molar-refractivity contribution in [2.45, 2.75) is 5.60 Å². The van der Waals surface area contributed by atoms with Crippen molar-refractivity contribution in [3.8, 4) is 23.0 Å². The molecule has 0 bridgehead atoms. The number of benzene rings is 5. The highest BCUT2D eigenvalue weighted by molar-refractivity contribution is 5.97. The number of esters is 1. The van der Waals surface area contributed by atoms with E-state index in [0.717, 1.165) is 50.9 Å². The van der Waals surface area contributed by atoms with Crippen molar-refractivity contribution in [2.24, 2.45) is 0 Å². The Morgan fingerprint density at radius 2 is 1.07 bits per heavy atom. The van der Waals surface area contributed by atoms with Crippen LogP contribution in [0.1, 0.15) is 27.0 Å². The molecule has 0 fully saturated rings. The van der Waals surface area contributed by atoms with Crippen molar-refractivity contribution < 1.29 is 23.7 Å². The summed E-state index contributed by atoms with van der Waals surface area (Å²) in [5.74, 6) is 2.40. The van der Waals surface area contributed by atoms with E-state index in [0.29, 0.717) is 17.1 Å². The van der Waals surface area contributed by atoms with Crippen LogP contribution in [0.4, 0.5) is 22.7 Å². The van der Waals surface area contributed by atoms with Gasteiger partial charge in [0.25, 0.3) is 0 Å². The molecule has 0 aliphatic carbocycles. The molecule has 41 heavy (non-hydrogen) atoms. The molecule has 0 radical (unpaired) electrons. The monoisotopic (exact) mass is 542 g/mol. The summed E-state index contributed by atoms with van der Waals surface area (Å²) < 4.78 is 23.4. The third kappa shape index (κ3) is 4.10. The lowest BCUT2D eigenvalue weighted by atomic mass is 9.77. The lowest BCUT2D eigenvalue weighted by Gasteiger charge is -2.37. The zero-order valence-electron chi connectivity index (χ0n) is 22.4. The predicted octanol–water partition coefficient (Wildman–Crippen LogP) is 7.76. The van der Waals surface area contributed by atoms with Crippen LogP contribution in [-0.2, 0) is 10.3 Å². The van der Waals surface area contributed by atoms with Crippen molar-refractivity contribution in [3.63, 3.8) is 0 Å². The SMILES string of the molecule is COc1ccc(Nc2ccc3c(c2)Oc2cc(Nc4ccc(OC)cc4)ccc2C32OC(=O)c3ccccc32)cc1. The number of hydrogen-bond acceptors (Lipinski definition) is 7. The minimum absolute atomic E-state index is 0.361. The van der Waals surface area contributed by atoms with E-state index in [9.17, 15) is 4.79 Å². The van der Waals surface area contributed by atoms with Crippen molar-refractivity contribution in [3.05, 3.63) is 131 Å². The van der Waals surface area contributed by atoms with Gasteiger partial charge in [0.2, 0.25) is 0 Å². The summed E-state index contributed by atoms with van der Waals surface area (Å²) >= 11 is 0. The van der Waals surface area contributed by atoms with Crippen LogP contribution in [0.3, 0.4) is 0 Å². The first-order valence-corrected chi connectivity index (χ1v) is 13.2. The van der Waals surface area contributed by atoms with E-state index in [1.54, 1.807) is 20.3 Å². The van der Waals surface area contributed by atoms with Crippen LogP contribution >= 0.6 is 0 Å². The fourth-order valence-electron chi connectivity index (χ4n) is 5.51. The standard InChI is InChI=1S/C34H26N2O5/c1-38-25-13-7-21(8-14-25)35-23-11-17-29-31(19-23)40-32-20-24(36-22-9-15-26(39-2)16-10-22)12-18-30(32)34(29)28-6-4-3-5-27(28)33(37)41-34/h3-20,35-36H,1-2H3. The molecule has 0 unspecified atom stereocenters. The second-order valence-electron chi connectivity index (χ2n) is 9.85. The lowest BCUT2D eigenvalue weighted by Crippen LogP contribution is -2.33. The molecule has 202 valence electrons. The normalized spacial score (nSPS) is 13.8. The maximum atomic E-state index is 13.2. The third-order valence-electron chi connectivity index (χ3n) is 7.47. The molecule has 1 spiro atoms. The number of carbonyl (C=O) groups is 1. The Balaban J connectivity index is 1.31. The van der Waals surface area contributed by atoms with E-state index < -0.39 is 5.60 Å². The van der Waals surface area contributed by atoms with Gasteiger partial charge in [0.05, 0.1) is 19.8 Å². The van der Waals surface area contributed by atoms with Gasteiger partial charge < -0.3 is 29.6 Å². The van der Waals surface area contributed by atoms with Gasteiger partial charge in [0.1, 0.15) is 23.0 Å². The Kier molecular flexibility index (Phi) is 5.78. The molecular weight excluding hydrogens is 516 g/mol. The maximum absolute atomic E-state index is 13.2. The molecule has 0 saturated carbocycles. The highest BCUT2D eigenvalue weighted by Crippen LogP contribution is 2.56. The summed E-state index contributed by atoms with van der Waals surface area (Å²) in [6, 6.07) is 34.6. The molecular formula is C34H26N2O5. The van der Waals surface area contributed by atoms with Crippen molar-refractivity contribution >= 4 is 28.7 Å². The second-order valence-corrected chi connectivity index (χ2v) is 9.85. The number of nitrogens with one attached hydrogen (secondary N) is 2. The van der Waals surface area contributed by atoms with Crippen LogP contribution in [0.25, 0.3) is 0 Å². The Bertz CT molecular complexity index is 1680. The van der Waals surface area contributed by atoms with E-state index >= 15 is 0 Å². The van der Waals surface area contributed by atoms with Gasteiger partial charge in [-0.2, -0.15) is 0 Å². The van der Waals surface area contributed by atoms with E-state index in [2.05, 4.69) is 10.6 Å². The number of carbonyl (C=O) groups excluding carboxylic acids is 1. The zero-order valence-corrected chi connectivity index (χ0v) is 22.4. The fourth-order valence-corrected chi connectivity index (χ4v) is 5.51. The number of rotatable bonds is 6. The third-order valence-corrected chi connectivity index (χ3v) is 7.47. The van der Waals surface area contributed by atoms with E-state index in [1.165, 1.54) is 0 Å². The Labute approximate surface area is 237 Å². The van der Waals surface area contributed by atoms with Crippen LogP contribution in [0.15, 0.2) is 109 Å². The first-order chi connectivity index (χ1) is 20.1.